The molecule has 5 heteroatoms. The lowest BCUT2D eigenvalue weighted by Crippen LogP contribution is -2.03. The van der Waals surface area contributed by atoms with Gasteiger partial charge in [0.2, 0.25) is 0 Å². The number of aromatic nitrogens is 2. The maximum absolute atomic E-state index is 4.70. The number of nitrogens with one attached hydrogen (secondary N) is 1. The summed E-state index contributed by atoms with van der Waals surface area (Å²) in [7, 11) is 0. The highest BCUT2D eigenvalue weighted by molar-refractivity contribution is 9.11. The van der Waals surface area contributed by atoms with Crippen molar-refractivity contribution in [3.05, 3.63) is 57.1 Å². The minimum atomic E-state index is 0.697. The van der Waals surface area contributed by atoms with Gasteiger partial charge in [-0.1, -0.05) is 34.1 Å². The second-order valence-corrected chi connectivity index (χ2v) is 6.53. The third-order valence-corrected chi connectivity index (χ3v) is 4.59. The van der Waals surface area contributed by atoms with Crippen LogP contribution in [0.15, 0.2) is 51.4 Å². The fourth-order valence-corrected chi connectivity index (χ4v) is 3.13. The molecule has 0 unspecified atom stereocenters. The maximum Gasteiger partial charge on any atom is 0.0894 e. The number of aryl methyl sites for hydroxylation is 1. The Morgan fingerprint density at radius 2 is 1.95 bits per heavy atom. The van der Waals surface area contributed by atoms with E-state index < -0.39 is 0 Å². The Morgan fingerprint density at radius 3 is 2.76 bits per heavy atom. The van der Waals surface area contributed by atoms with E-state index in [0.717, 1.165) is 26.9 Å². The van der Waals surface area contributed by atoms with Gasteiger partial charge in [0.15, 0.2) is 0 Å². The molecule has 1 aromatic heterocycles. The molecule has 3 nitrogen and oxygen atoms in total. The van der Waals surface area contributed by atoms with Crippen LogP contribution in [0.25, 0.3) is 10.9 Å². The lowest BCUT2D eigenvalue weighted by atomic mass is 10.2. The van der Waals surface area contributed by atoms with Gasteiger partial charge in [-0.15, -0.1) is 0 Å². The molecule has 0 aliphatic heterocycles. The topological polar surface area (TPSA) is 29.9 Å². The monoisotopic (exact) mass is 407 g/mol. The molecular weight excluding hydrogens is 394 g/mol. The number of hydrogen-bond donors (Lipinski definition) is 1. The number of hydrogen-bond acceptors (Lipinski definition) is 2. The first-order valence-corrected chi connectivity index (χ1v) is 8.41. The van der Waals surface area contributed by atoms with Crippen molar-refractivity contribution in [1.29, 1.82) is 0 Å². The number of rotatable bonds is 4. The largest absolute Gasteiger partial charge is 0.378 e. The van der Waals surface area contributed by atoms with Crippen LogP contribution in [0.3, 0.4) is 0 Å². The predicted molar refractivity (Wildman–Crippen MR) is 94.6 cm³/mol. The summed E-state index contributed by atoms with van der Waals surface area (Å²) in [5.74, 6) is 0. The van der Waals surface area contributed by atoms with Crippen molar-refractivity contribution in [1.82, 2.24) is 9.78 Å². The molecule has 0 spiro atoms. The fourth-order valence-electron chi connectivity index (χ4n) is 2.38. The summed E-state index contributed by atoms with van der Waals surface area (Å²) in [4.78, 5) is 0. The minimum Gasteiger partial charge on any atom is -0.378 e. The zero-order valence-electron chi connectivity index (χ0n) is 11.6. The van der Waals surface area contributed by atoms with Gasteiger partial charge < -0.3 is 5.32 Å². The van der Waals surface area contributed by atoms with Gasteiger partial charge in [0.25, 0.3) is 0 Å². The summed E-state index contributed by atoms with van der Waals surface area (Å²) in [6.45, 7) is 3.69. The van der Waals surface area contributed by atoms with Crippen molar-refractivity contribution >= 4 is 48.5 Å². The molecule has 0 aliphatic rings. The van der Waals surface area contributed by atoms with E-state index >= 15 is 0 Å². The molecule has 0 radical (unpaired) electrons. The van der Waals surface area contributed by atoms with E-state index in [-0.39, 0.29) is 0 Å². The summed E-state index contributed by atoms with van der Waals surface area (Å²) in [6, 6.07) is 14.4. The van der Waals surface area contributed by atoms with Crippen LogP contribution >= 0.6 is 31.9 Å². The van der Waals surface area contributed by atoms with Crippen molar-refractivity contribution in [3.8, 4) is 0 Å². The molecule has 21 heavy (non-hydrogen) atoms. The van der Waals surface area contributed by atoms with E-state index in [1.54, 1.807) is 0 Å². The van der Waals surface area contributed by atoms with Crippen molar-refractivity contribution < 1.29 is 0 Å². The van der Waals surface area contributed by atoms with Crippen molar-refractivity contribution in [2.45, 2.75) is 20.0 Å². The molecule has 3 rings (SSSR count). The van der Waals surface area contributed by atoms with Gasteiger partial charge in [0.05, 0.1) is 17.8 Å². The summed E-state index contributed by atoms with van der Waals surface area (Å²) >= 11 is 7.06. The van der Waals surface area contributed by atoms with Crippen molar-refractivity contribution in [2.75, 3.05) is 5.32 Å². The Bertz CT molecular complexity index is 780. The summed E-state index contributed by atoms with van der Waals surface area (Å²) in [5.41, 5.74) is 3.31. The lowest BCUT2D eigenvalue weighted by molar-refractivity contribution is 0.671. The van der Waals surface area contributed by atoms with E-state index in [0.29, 0.717) is 6.54 Å². The Kier molecular flexibility index (Phi) is 4.31. The van der Waals surface area contributed by atoms with Gasteiger partial charge in [-0.2, -0.15) is 5.10 Å². The quantitative estimate of drug-likeness (QED) is 0.643. The van der Waals surface area contributed by atoms with Crippen LogP contribution in [0.1, 0.15) is 12.6 Å². The summed E-state index contributed by atoms with van der Waals surface area (Å²) in [5, 5.41) is 9.36. The standard InChI is InChI=1S/C16H15Br2N3/c1-2-21-16-6-4-3-5-12(16)15(20-21)10-19-14-9-11(17)7-8-13(14)18/h3-9,19H,2,10H2,1H3. The third-order valence-electron chi connectivity index (χ3n) is 3.41. The van der Waals surface area contributed by atoms with Gasteiger partial charge in [-0.05, 0) is 47.1 Å². The second-order valence-electron chi connectivity index (χ2n) is 4.76. The fraction of sp³-hybridized carbons (Fsp3) is 0.188. The molecule has 0 aliphatic carbocycles. The molecule has 0 fully saturated rings. The molecule has 2 aromatic carbocycles. The average molecular weight is 409 g/mol. The van der Waals surface area contributed by atoms with Crippen molar-refractivity contribution in [2.24, 2.45) is 0 Å². The van der Waals surface area contributed by atoms with Gasteiger partial charge in [-0.3, -0.25) is 4.68 Å². The number of nitrogens with zero attached hydrogens (tertiary/aromatic N) is 2. The molecule has 0 bridgehead atoms. The second kappa shape index (κ2) is 6.20. The molecule has 0 saturated heterocycles. The molecule has 3 aromatic rings. The van der Waals surface area contributed by atoms with Gasteiger partial charge >= 0.3 is 0 Å². The maximum atomic E-state index is 4.70. The lowest BCUT2D eigenvalue weighted by Gasteiger charge is -2.08. The highest BCUT2D eigenvalue weighted by Gasteiger charge is 2.09. The number of para-hydroxylation sites is 1. The molecule has 1 heterocycles. The minimum absolute atomic E-state index is 0.697. The predicted octanol–water partition coefficient (Wildman–Crippen LogP) is 5.19. The number of fused-ring (bicyclic) bond motifs is 1. The molecule has 108 valence electrons. The third kappa shape index (κ3) is 2.99. The number of anilines is 1. The van der Waals surface area contributed by atoms with Gasteiger partial charge in [-0.25, -0.2) is 0 Å². The average Bonchev–Trinajstić information content (AvgIpc) is 2.86. The zero-order valence-corrected chi connectivity index (χ0v) is 14.8. The van der Waals surface area contributed by atoms with Crippen LogP contribution in [-0.2, 0) is 13.1 Å². The van der Waals surface area contributed by atoms with Crippen LogP contribution < -0.4 is 5.32 Å². The van der Waals surface area contributed by atoms with Crippen molar-refractivity contribution in [3.63, 3.8) is 0 Å². The van der Waals surface area contributed by atoms with E-state index in [4.69, 9.17) is 5.10 Å². The smallest absolute Gasteiger partial charge is 0.0894 e. The molecule has 0 saturated carbocycles. The van der Waals surface area contributed by atoms with Crippen LogP contribution in [0, 0.1) is 0 Å². The first-order valence-electron chi connectivity index (χ1n) is 6.82. The Labute approximate surface area is 140 Å². The summed E-state index contributed by atoms with van der Waals surface area (Å²) in [6.07, 6.45) is 0. The van der Waals surface area contributed by atoms with Crippen LogP contribution in [-0.4, -0.2) is 9.78 Å². The molecular formula is C16H15Br2N3. The number of benzene rings is 2. The summed E-state index contributed by atoms with van der Waals surface area (Å²) < 4.78 is 4.14. The van der Waals surface area contributed by atoms with E-state index in [9.17, 15) is 0 Å². The molecule has 0 atom stereocenters. The van der Waals surface area contributed by atoms with Crippen LogP contribution in [0.4, 0.5) is 5.69 Å². The normalized spacial score (nSPS) is 11.0. The van der Waals surface area contributed by atoms with Gasteiger partial charge in [0.1, 0.15) is 0 Å². The highest BCUT2D eigenvalue weighted by atomic mass is 79.9. The molecule has 0 amide bonds. The first kappa shape index (κ1) is 14.6. The van der Waals surface area contributed by atoms with Gasteiger partial charge in [0, 0.05) is 26.6 Å². The SMILES string of the molecule is CCn1nc(CNc2cc(Br)ccc2Br)c2ccccc21. The Balaban J connectivity index is 1.90. The first-order chi connectivity index (χ1) is 10.2. The van der Waals surface area contributed by atoms with E-state index in [2.05, 4.69) is 74.4 Å². The zero-order chi connectivity index (χ0) is 14.8. The highest BCUT2D eigenvalue weighted by Crippen LogP contribution is 2.27. The van der Waals surface area contributed by atoms with E-state index in [1.807, 2.05) is 16.8 Å². The van der Waals surface area contributed by atoms with E-state index in [1.165, 1.54) is 10.9 Å². The number of halogens is 2. The van der Waals surface area contributed by atoms with Crippen LogP contribution in [0.5, 0.6) is 0 Å². The molecule has 1 N–H and O–H groups in total. The Morgan fingerprint density at radius 1 is 1.14 bits per heavy atom. The Hall–Kier alpha value is -1.33. The van der Waals surface area contributed by atoms with Crippen LogP contribution in [0.2, 0.25) is 0 Å².